The largest absolute Gasteiger partial charge is 0.399 e. The number of hydrogen-bond acceptors (Lipinski definition) is 3. The normalized spacial score (nSPS) is 11.5. The summed E-state index contributed by atoms with van der Waals surface area (Å²) in [6.45, 7) is 5.80. The van der Waals surface area contributed by atoms with Gasteiger partial charge in [-0.3, -0.25) is 9.59 Å². The predicted octanol–water partition coefficient (Wildman–Crippen LogP) is 5.91. The second-order valence-electron chi connectivity index (χ2n) is 9.09. The van der Waals surface area contributed by atoms with E-state index >= 15 is 0 Å². The van der Waals surface area contributed by atoms with Crippen LogP contribution >= 0.6 is 0 Å². The number of fused-ring (bicyclic) bond motifs is 1. The number of nitrogen functional groups attached to an aromatic ring is 1. The summed E-state index contributed by atoms with van der Waals surface area (Å²) in [6, 6.07) is 22.5. The molecule has 0 atom stereocenters. The number of amides is 1. The molecule has 1 aromatic heterocycles. The van der Waals surface area contributed by atoms with Crippen molar-refractivity contribution in [1.29, 1.82) is 0 Å². The number of hydrogen-bond donors (Lipinski definition) is 2. The van der Waals surface area contributed by atoms with Crippen molar-refractivity contribution < 1.29 is 9.59 Å². The number of nitrogens with two attached hydrogens (primary N) is 1. The lowest BCUT2D eigenvalue weighted by Crippen LogP contribution is -2.19. The van der Waals surface area contributed by atoms with Crippen LogP contribution in [0.4, 0.5) is 11.4 Å². The van der Waals surface area contributed by atoms with E-state index in [1.807, 2.05) is 70.3 Å². The van der Waals surface area contributed by atoms with E-state index in [1.165, 1.54) is 0 Å². The van der Waals surface area contributed by atoms with Gasteiger partial charge in [0.1, 0.15) is 0 Å². The molecule has 0 saturated carbocycles. The molecule has 5 heteroatoms. The van der Waals surface area contributed by atoms with Gasteiger partial charge in [0.25, 0.3) is 5.91 Å². The predicted molar refractivity (Wildman–Crippen MR) is 131 cm³/mol. The first-order valence-corrected chi connectivity index (χ1v) is 10.5. The van der Waals surface area contributed by atoms with E-state index in [-0.39, 0.29) is 11.7 Å². The van der Waals surface area contributed by atoms with Crippen LogP contribution in [0.2, 0.25) is 0 Å². The van der Waals surface area contributed by atoms with Crippen molar-refractivity contribution in [2.24, 2.45) is 12.5 Å². The second-order valence-corrected chi connectivity index (χ2v) is 9.09. The number of carbonyl (C=O) groups is 2. The minimum absolute atomic E-state index is 0.131. The van der Waals surface area contributed by atoms with Crippen LogP contribution in [0.1, 0.15) is 41.5 Å². The number of aryl methyl sites for hydroxylation is 1. The fourth-order valence-corrected chi connectivity index (χ4v) is 3.76. The lowest BCUT2D eigenvalue weighted by atomic mass is 9.86. The smallest absolute Gasteiger partial charge is 0.255 e. The van der Waals surface area contributed by atoms with Gasteiger partial charge in [0.15, 0.2) is 5.78 Å². The SMILES string of the molecule is Cn1c(-c2ccc(NC(=O)c3ccc(N)cc3)cc2)cc2cc(C(=O)C(C)(C)C)ccc21. The first kappa shape index (κ1) is 21.4. The molecule has 0 spiro atoms. The van der Waals surface area contributed by atoms with E-state index in [2.05, 4.69) is 16.0 Å². The number of aromatic nitrogens is 1. The van der Waals surface area contributed by atoms with Crippen LogP contribution in [0.3, 0.4) is 0 Å². The van der Waals surface area contributed by atoms with Crippen LogP contribution in [0, 0.1) is 5.41 Å². The fourth-order valence-electron chi connectivity index (χ4n) is 3.76. The maximum absolute atomic E-state index is 12.7. The van der Waals surface area contributed by atoms with Gasteiger partial charge in [-0.1, -0.05) is 32.9 Å². The van der Waals surface area contributed by atoms with Crippen LogP contribution in [0.5, 0.6) is 0 Å². The second kappa shape index (κ2) is 8.00. The third-order valence-corrected chi connectivity index (χ3v) is 5.60. The molecule has 0 aliphatic rings. The third-order valence-electron chi connectivity index (χ3n) is 5.60. The van der Waals surface area contributed by atoms with Crippen LogP contribution < -0.4 is 11.1 Å². The highest BCUT2D eigenvalue weighted by Crippen LogP contribution is 2.30. The van der Waals surface area contributed by atoms with E-state index in [9.17, 15) is 9.59 Å². The summed E-state index contributed by atoms with van der Waals surface area (Å²) in [7, 11) is 2.01. The lowest BCUT2D eigenvalue weighted by molar-refractivity contribution is 0.0858. The Morgan fingerprint density at radius 2 is 1.47 bits per heavy atom. The Morgan fingerprint density at radius 3 is 2.09 bits per heavy atom. The summed E-state index contributed by atoms with van der Waals surface area (Å²) >= 11 is 0. The summed E-state index contributed by atoms with van der Waals surface area (Å²) in [6.07, 6.45) is 0. The van der Waals surface area contributed by atoms with Crippen molar-refractivity contribution in [3.8, 4) is 11.3 Å². The lowest BCUT2D eigenvalue weighted by Gasteiger charge is -2.16. The van der Waals surface area contributed by atoms with E-state index in [1.54, 1.807) is 24.3 Å². The Kier molecular flexibility index (Phi) is 5.35. The molecule has 1 amide bonds. The van der Waals surface area contributed by atoms with Crippen LogP contribution in [-0.4, -0.2) is 16.3 Å². The van der Waals surface area contributed by atoms with Crippen molar-refractivity contribution >= 4 is 34.0 Å². The van der Waals surface area contributed by atoms with Crippen molar-refractivity contribution in [2.75, 3.05) is 11.1 Å². The molecule has 32 heavy (non-hydrogen) atoms. The molecule has 0 aliphatic heterocycles. The van der Waals surface area contributed by atoms with Crippen LogP contribution in [-0.2, 0) is 7.05 Å². The zero-order valence-electron chi connectivity index (χ0n) is 18.8. The number of benzene rings is 3. The van der Waals surface area contributed by atoms with Gasteiger partial charge in [-0.25, -0.2) is 0 Å². The zero-order valence-corrected chi connectivity index (χ0v) is 18.8. The van der Waals surface area contributed by atoms with Crippen molar-refractivity contribution in [3.05, 3.63) is 83.9 Å². The zero-order chi connectivity index (χ0) is 23.0. The molecule has 5 nitrogen and oxygen atoms in total. The van der Waals surface area contributed by atoms with E-state index < -0.39 is 5.41 Å². The quantitative estimate of drug-likeness (QED) is 0.315. The Morgan fingerprint density at radius 1 is 0.844 bits per heavy atom. The molecule has 162 valence electrons. The van der Waals surface area contributed by atoms with Crippen LogP contribution in [0.25, 0.3) is 22.2 Å². The fraction of sp³-hybridized carbons (Fsp3) is 0.185. The first-order chi connectivity index (χ1) is 15.1. The highest BCUT2D eigenvalue weighted by atomic mass is 16.1. The molecule has 0 aliphatic carbocycles. The summed E-state index contributed by atoms with van der Waals surface area (Å²) < 4.78 is 2.11. The first-order valence-electron chi connectivity index (χ1n) is 10.5. The monoisotopic (exact) mass is 425 g/mol. The maximum Gasteiger partial charge on any atom is 0.255 e. The molecule has 3 aromatic carbocycles. The summed E-state index contributed by atoms with van der Waals surface area (Å²) in [5.41, 5.74) is 11.0. The molecular weight excluding hydrogens is 398 g/mol. The Labute approximate surface area is 187 Å². The number of rotatable bonds is 4. The summed E-state index contributed by atoms with van der Waals surface area (Å²) in [4.78, 5) is 25.1. The number of ketones is 1. The van der Waals surface area contributed by atoms with E-state index in [0.29, 0.717) is 16.9 Å². The average molecular weight is 426 g/mol. The third kappa shape index (κ3) is 4.14. The van der Waals surface area contributed by atoms with Gasteiger partial charge in [-0.15, -0.1) is 0 Å². The number of carbonyl (C=O) groups excluding carboxylic acids is 2. The minimum Gasteiger partial charge on any atom is -0.399 e. The number of nitrogens with one attached hydrogen (secondary N) is 1. The highest BCUT2D eigenvalue weighted by molar-refractivity contribution is 6.05. The molecule has 0 radical (unpaired) electrons. The van der Waals surface area contributed by atoms with Gasteiger partial charge in [0.05, 0.1) is 0 Å². The standard InChI is InChI=1S/C27H27N3O2/c1-27(2,3)25(31)19-9-14-23-20(15-19)16-24(30(23)4)17-7-12-22(13-8-17)29-26(32)18-5-10-21(28)11-6-18/h5-16H,28H2,1-4H3,(H,29,32). The van der Waals surface area contributed by atoms with Gasteiger partial charge in [-0.2, -0.15) is 0 Å². The minimum atomic E-state index is -0.419. The summed E-state index contributed by atoms with van der Waals surface area (Å²) in [5.74, 6) is -0.0515. The van der Waals surface area contributed by atoms with Gasteiger partial charge in [-0.05, 0) is 66.2 Å². The average Bonchev–Trinajstić information content (AvgIpc) is 3.09. The maximum atomic E-state index is 12.7. The van der Waals surface area contributed by atoms with Gasteiger partial charge in [0.2, 0.25) is 0 Å². The molecular formula is C27H27N3O2. The number of nitrogens with zero attached hydrogens (tertiary/aromatic N) is 1. The van der Waals surface area contributed by atoms with Crippen molar-refractivity contribution in [2.45, 2.75) is 20.8 Å². The Balaban J connectivity index is 1.59. The topological polar surface area (TPSA) is 77.1 Å². The molecule has 0 saturated heterocycles. The molecule has 0 bridgehead atoms. The highest BCUT2D eigenvalue weighted by Gasteiger charge is 2.23. The number of Topliss-reactive ketones (excluding diaryl/α,β-unsaturated/α-hetero) is 1. The van der Waals surface area contributed by atoms with Crippen LogP contribution in [0.15, 0.2) is 72.8 Å². The molecule has 0 unspecified atom stereocenters. The molecule has 3 N–H and O–H groups in total. The van der Waals surface area contributed by atoms with E-state index in [0.717, 1.165) is 27.7 Å². The molecule has 4 rings (SSSR count). The molecule has 4 aromatic rings. The summed E-state index contributed by atoms with van der Waals surface area (Å²) in [5, 5.41) is 3.93. The van der Waals surface area contributed by atoms with Gasteiger partial charge < -0.3 is 15.6 Å². The van der Waals surface area contributed by atoms with Gasteiger partial charge >= 0.3 is 0 Å². The molecule has 1 heterocycles. The van der Waals surface area contributed by atoms with Crippen molar-refractivity contribution in [3.63, 3.8) is 0 Å². The Hall–Kier alpha value is -3.86. The molecule has 0 fully saturated rings. The van der Waals surface area contributed by atoms with Crippen molar-refractivity contribution in [1.82, 2.24) is 4.57 Å². The van der Waals surface area contributed by atoms with Gasteiger partial charge in [0, 0.05) is 51.6 Å². The Bertz CT molecular complexity index is 1310. The number of anilines is 2. The van der Waals surface area contributed by atoms with E-state index in [4.69, 9.17) is 5.73 Å².